The molecule has 3 heteroatoms. The van der Waals surface area contributed by atoms with Crippen molar-refractivity contribution in [3.63, 3.8) is 0 Å². The molecule has 0 spiro atoms. The third-order valence-corrected chi connectivity index (χ3v) is 2.33. The van der Waals surface area contributed by atoms with Crippen LogP contribution in [0.4, 0.5) is 0 Å². The molecule has 1 heterocycles. The van der Waals surface area contributed by atoms with Gasteiger partial charge in [0.25, 0.3) is 0 Å². The fraction of sp³-hybridized carbons (Fsp3) is 0.500. The Hall–Kier alpha value is -1.06. The molecule has 0 saturated carbocycles. The average Bonchev–Trinajstić information content (AvgIpc) is 2.74. The molecule has 1 saturated heterocycles. The van der Waals surface area contributed by atoms with Crippen LogP contribution in [0.1, 0.15) is 12.5 Å². The lowest BCUT2D eigenvalue weighted by molar-refractivity contribution is -0.0400. The maximum atomic E-state index is 5.38. The summed E-state index contributed by atoms with van der Waals surface area (Å²) in [5.41, 5.74) is 1.21. The Bertz CT molecular complexity index is 288. The zero-order valence-electron chi connectivity index (χ0n) is 8.94. The standard InChI is InChI=1S/C12H16O3/c1-2-13-11-5-3-10(4-6-11)9-12-14-7-8-15-12/h3-6,12H,2,7-9H2,1H3. The molecule has 1 aliphatic rings. The topological polar surface area (TPSA) is 27.7 Å². The first kappa shape index (κ1) is 10.5. The summed E-state index contributed by atoms with van der Waals surface area (Å²) in [4.78, 5) is 0. The predicted octanol–water partition coefficient (Wildman–Crippen LogP) is 2.00. The summed E-state index contributed by atoms with van der Waals surface area (Å²) in [6.45, 7) is 4.10. The first-order valence-corrected chi connectivity index (χ1v) is 5.33. The van der Waals surface area contributed by atoms with Crippen LogP contribution >= 0.6 is 0 Å². The number of benzene rings is 1. The van der Waals surface area contributed by atoms with Gasteiger partial charge in [0.1, 0.15) is 5.75 Å². The van der Waals surface area contributed by atoms with Gasteiger partial charge in [-0.05, 0) is 24.6 Å². The van der Waals surface area contributed by atoms with Gasteiger partial charge in [-0.15, -0.1) is 0 Å². The molecular weight excluding hydrogens is 192 g/mol. The quantitative estimate of drug-likeness (QED) is 0.757. The maximum absolute atomic E-state index is 5.38. The molecular formula is C12H16O3. The Kier molecular flexibility index (Phi) is 3.59. The molecule has 1 aromatic carbocycles. The predicted molar refractivity (Wildman–Crippen MR) is 57.0 cm³/mol. The minimum absolute atomic E-state index is 0.0667. The van der Waals surface area contributed by atoms with E-state index in [2.05, 4.69) is 12.1 Å². The molecule has 0 amide bonds. The summed E-state index contributed by atoms with van der Waals surface area (Å²) in [5.74, 6) is 0.912. The van der Waals surface area contributed by atoms with E-state index in [1.165, 1.54) is 5.56 Å². The normalized spacial score (nSPS) is 16.9. The molecule has 0 aliphatic carbocycles. The van der Waals surface area contributed by atoms with Crippen molar-refractivity contribution in [3.05, 3.63) is 29.8 Å². The second kappa shape index (κ2) is 5.14. The summed E-state index contributed by atoms with van der Waals surface area (Å²) < 4.78 is 16.1. The fourth-order valence-electron chi connectivity index (χ4n) is 1.61. The SMILES string of the molecule is CCOc1ccc(CC2OCCO2)cc1. The van der Waals surface area contributed by atoms with Gasteiger partial charge in [0.05, 0.1) is 19.8 Å². The first-order valence-electron chi connectivity index (χ1n) is 5.33. The first-order chi connectivity index (χ1) is 7.38. The minimum atomic E-state index is -0.0667. The lowest BCUT2D eigenvalue weighted by atomic mass is 10.1. The van der Waals surface area contributed by atoms with Crippen LogP contribution in [-0.4, -0.2) is 26.1 Å². The van der Waals surface area contributed by atoms with E-state index in [-0.39, 0.29) is 6.29 Å². The van der Waals surface area contributed by atoms with Gasteiger partial charge in [-0.1, -0.05) is 12.1 Å². The molecule has 0 radical (unpaired) electrons. The van der Waals surface area contributed by atoms with E-state index < -0.39 is 0 Å². The molecule has 82 valence electrons. The van der Waals surface area contributed by atoms with E-state index in [0.29, 0.717) is 19.8 Å². The van der Waals surface area contributed by atoms with Crippen LogP contribution in [0.15, 0.2) is 24.3 Å². The van der Waals surface area contributed by atoms with Gasteiger partial charge in [0.15, 0.2) is 6.29 Å². The highest BCUT2D eigenvalue weighted by Crippen LogP contribution is 2.16. The van der Waals surface area contributed by atoms with Crippen LogP contribution in [0.25, 0.3) is 0 Å². The largest absolute Gasteiger partial charge is 0.494 e. The van der Waals surface area contributed by atoms with Gasteiger partial charge in [-0.3, -0.25) is 0 Å². The Morgan fingerprint density at radius 1 is 1.20 bits per heavy atom. The maximum Gasteiger partial charge on any atom is 0.161 e. The number of hydrogen-bond acceptors (Lipinski definition) is 3. The Morgan fingerprint density at radius 2 is 1.87 bits per heavy atom. The summed E-state index contributed by atoms with van der Waals surface area (Å²) >= 11 is 0. The second-order valence-electron chi connectivity index (χ2n) is 3.45. The molecule has 1 aromatic rings. The van der Waals surface area contributed by atoms with E-state index in [1.54, 1.807) is 0 Å². The molecule has 0 N–H and O–H groups in total. The number of ether oxygens (including phenoxy) is 3. The molecule has 3 nitrogen and oxygen atoms in total. The lowest BCUT2D eigenvalue weighted by Crippen LogP contribution is -2.10. The summed E-state index contributed by atoms with van der Waals surface area (Å²) in [6, 6.07) is 8.06. The van der Waals surface area contributed by atoms with Gasteiger partial charge in [-0.2, -0.15) is 0 Å². The van der Waals surface area contributed by atoms with E-state index in [4.69, 9.17) is 14.2 Å². The molecule has 0 unspecified atom stereocenters. The van der Waals surface area contributed by atoms with Gasteiger partial charge in [0.2, 0.25) is 0 Å². The van der Waals surface area contributed by atoms with Crippen molar-refractivity contribution in [1.82, 2.24) is 0 Å². The van der Waals surface area contributed by atoms with Crippen molar-refractivity contribution in [2.45, 2.75) is 19.6 Å². The van der Waals surface area contributed by atoms with E-state index in [9.17, 15) is 0 Å². The second-order valence-corrected chi connectivity index (χ2v) is 3.45. The van der Waals surface area contributed by atoms with Crippen LogP contribution in [0.5, 0.6) is 5.75 Å². The van der Waals surface area contributed by atoms with E-state index in [1.807, 2.05) is 19.1 Å². The molecule has 1 fully saturated rings. The molecule has 0 atom stereocenters. The van der Waals surface area contributed by atoms with Crippen molar-refractivity contribution in [1.29, 1.82) is 0 Å². The minimum Gasteiger partial charge on any atom is -0.494 e. The van der Waals surface area contributed by atoms with Gasteiger partial charge >= 0.3 is 0 Å². The monoisotopic (exact) mass is 208 g/mol. The smallest absolute Gasteiger partial charge is 0.161 e. The van der Waals surface area contributed by atoms with Gasteiger partial charge in [0, 0.05) is 6.42 Å². The Labute approximate surface area is 90.0 Å². The fourth-order valence-corrected chi connectivity index (χ4v) is 1.61. The molecule has 15 heavy (non-hydrogen) atoms. The number of hydrogen-bond donors (Lipinski definition) is 0. The Morgan fingerprint density at radius 3 is 2.47 bits per heavy atom. The van der Waals surface area contributed by atoms with Crippen molar-refractivity contribution in [3.8, 4) is 5.75 Å². The van der Waals surface area contributed by atoms with Crippen LogP contribution < -0.4 is 4.74 Å². The molecule has 0 aromatic heterocycles. The highest BCUT2D eigenvalue weighted by atomic mass is 16.7. The average molecular weight is 208 g/mol. The van der Waals surface area contributed by atoms with Crippen LogP contribution in [0.3, 0.4) is 0 Å². The zero-order valence-corrected chi connectivity index (χ0v) is 8.94. The summed E-state index contributed by atoms with van der Waals surface area (Å²) in [5, 5.41) is 0. The van der Waals surface area contributed by atoms with E-state index in [0.717, 1.165) is 12.2 Å². The van der Waals surface area contributed by atoms with Crippen molar-refractivity contribution < 1.29 is 14.2 Å². The zero-order chi connectivity index (χ0) is 10.5. The third-order valence-electron chi connectivity index (χ3n) is 2.33. The van der Waals surface area contributed by atoms with Crippen molar-refractivity contribution in [2.24, 2.45) is 0 Å². The van der Waals surface area contributed by atoms with E-state index >= 15 is 0 Å². The van der Waals surface area contributed by atoms with Crippen LogP contribution in [-0.2, 0) is 15.9 Å². The van der Waals surface area contributed by atoms with Crippen LogP contribution in [0, 0.1) is 0 Å². The number of rotatable bonds is 4. The van der Waals surface area contributed by atoms with Gasteiger partial charge in [-0.25, -0.2) is 0 Å². The Balaban J connectivity index is 1.91. The highest BCUT2D eigenvalue weighted by Gasteiger charge is 2.15. The molecule has 0 bridgehead atoms. The van der Waals surface area contributed by atoms with Crippen molar-refractivity contribution >= 4 is 0 Å². The third kappa shape index (κ3) is 2.94. The van der Waals surface area contributed by atoms with Crippen molar-refractivity contribution in [2.75, 3.05) is 19.8 Å². The summed E-state index contributed by atoms with van der Waals surface area (Å²) in [6.07, 6.45) is 0.745. The highest BCUT2D eigenvalue weighted by molar-refractivity contribution is 5.27. The van der Waals surface area contributed by atoms with Gasteiger partial charge < -0.3 is 14.2 Å². The lowest BCUT2D eigenvalue weighted by Gasteiger charge is -2.09. The van der Waals surface area contributed by atoms with Crippen LogP contribution in [0.2, 0.25) is 0 Å². The summed E-state index contributed by atoms with van der Waals surface area (Å²) in [7, 11) is 0. The molecule has 2 rings (SSSR count). The molecule has 1 aliphatic heterocycles.